The predicted molar refractivity (Wildman–Crippen MR) is 46.3 cm³/mol. The van der Waals surface area contributed by atoms with E-state index in [1.165, 1.54) is 12.1 Å². The number of hydrogen-bond donors (Lipinski definition) is 0. The highest BCUT2D eigenvalue weighted by Gasteiger charge is 1.92. The highest BCUT2D eigenvalue weighted by molar-refractivity contribution is 9.10. The number of benzene rings is 1. The summed E-state index contributed by atoms with van der Waals surface area (Å²) in [6.07, 6.45) is 0. The summed E-state index contributed by atoms with van der Waals surface area (Å²) in [7, 11) is 0. The molecule has 0 N–H and O–H groups in total. The Kier molecular flexibility index (Phi) is 10.3. The fraction of sp³-hybridized carbons (Fsp3) is 0.143. The van der Waals surface area contributed by atoms with E-state index in [-0.39, 0.29) is 19.9 Å². The Bertz CT molecular complexity index is 176. The maximum atomic E-state index is 12.4. The van der Waals surface area contributed by atoms with Gasteiger partial charge in [-0.3, -0.25) is 14.1 Å². The molecule has 0 spiro atoms. The van der Waals surface area contributed by atoms with Crippen molar-refractivity contribution in [3.8, 4) is 0 Å². The van der Waals surface area contributed by atoms with E-state index in [2.05, 4.69) is 15.9 Å². The zero-order chi connectivity index (χ0) is 6.85. The number of aryl methyl sites for hydroxylation is 1. The average molecular weight is 249 g/mol. The van der Waals surface area contributed by atoms with Crippen LogP contribution >= 0.6 is 15.9 Å². The molecule has 1 aromatic carbocycles. The van der Waals surface area contributed by atoms with Gasteiger partial charge >= 0.3 is 0 Å². The summed E-state index contributed by atoms with van der Waals surface area (Å²) in [5, 5.41) is 0. The molecule has 0 saturated heterocycles. The van der Waals surface area contributed by atoms with Crippen LogP contribution in [-0.2, 0) is 0 Å². The van der Waals surface area contributed by atoms with Gasteiger partial charge < -0.3 is 0 Å². The van der Waals surface area contributed by atoms with E-state index in [1.807, 2.05) is 13.0 Å². The van der Waals surface area contributed by atoms with Gasteiger partial charge in [0, 0.05) is 4.47 Å². The Morgan fingerprint density at radius 3 is 1.92 bits per heavy atom. The summed E-state index contributed by atoms with van der Waals surface area (Å²) in [6.45, 7) is 1.86. The molecule has 12 heavy (non-hydrogen) atoms. The van der Waals surface area contributed by atoms with Crippen molar-refractivity contribution in [1.82, 2.24) is 0 Å². The predicted octanol–water partition coefficient (Wildman–Crippen LogP) is 3.35. The van der Waals surface area contributed by atoms with Crippen molar-refractivity contribution in [3.63, 3.8) is 0 Å². The van der Waals surface area contributed by atoms with Crippen LogP contribution in [0, 0.1) is 12.7 Å². The second kappa shape index (κ2) is 7.09. The molecular formula is C7H9BrF4. The van der Waals surface area contributed by atoms with Gasteiger partial charge in [0.15, 0.2) is 0 Å². The van der Waals surface area contributed by atoms with Crippen molar-refractivity contribution in [2.75, 3.05) is 0 Å². The lowest BCUT2D eigenvalue weighted by atomic mass is 10.2. The number of halogens is 5. The van der Waals surface area contributed by atoms with E-state index in [0.29, 0.717) is 0 Å². The van der Waals surface area contributed by atoms with Gasteiger partial charge in [-0.05, 0) is 30.7 Å². The minimum absolute atomic E-state index is 0. The smallest absolute Gasteiger partial charge is 0.124 e. The van der Waals surface area contributed by atoms with Crippen LogP contribution in [0.4, 0.5) is 18.5 Å². The monoisotopic (exact) mass is 248 g/mol. The summed E-state index contributed by atoms with van der Waals surface area (Å²) in [5.41, 5.74) is 0.932. The summed E-state index contributed by atoms with van der Waals surface area (Å²) >= 11 is 3.17. The van der Waals surface area contributed by atoms with E-state index < -0.39 is 0 Å². The molecular weight excluding hydrogens is 240 g/mol. The third kappa shape index (κ3) is 5.12. The maximum Gasteiger partial charge on any atom is 0.124 e. The zero-order valence-corrected chi connectivity index (χ0v) is 7.80. The first kappa shape index (κ1) is 17.5. The van der Waals surface area contributed by atoms with Crippen molar-refractivity contribution in [2.24, 2.45) is 0 Å². The number of rotatable bonds is 0. The standard InChI is InChI=1S/C7H6BrF.3FH/c1-5-2-6(8)4-7(9)3-5;;;/h2-4H,1H3;3*1H. The van der Waals surface area contributed by atoms with Gasteiger partial charge in [-0.15, -0.1) is 0 Å². The van der Waals surface area contributed by atoms with Gasteiger partial charge in [0.25, 0.3) is 0 Å². The van der Waals surface area contributed by atoms with Gasteiger partial charge in [-0.25, -0.2) is 4.39 Å². The Morgan fingerprint density at radius 1 is 1.08 bits per heavy atom. The van der Waals surface area contributed by atoms with Crippen molar-refractivity contribution >= 4 is 15.9 Å². The molecule has 0 aliphatic carbocycles. The molecule has 1 rings (SSSR count). The molecule has 0 amide bonds. The summed E-state index contributed by atoms with van der Waals surface area (Å²) in [6, 6.07) is 4.79. The zero-order valence-electron chi connectivity index (χ0n) is 6.21. The van der Waals surface area contributed by atoms with E-state index >= 15 is 0 Å². The van der Waals surface area contributed by atoms with Gasteiger partial charge in [-0.2, -0.15) is 0 Å². The van der Waals surface area contributed by atoms with Crippen LogP contribution in [0.15, 0.2) is 22.7 Å². The Balaban J connectivity index is -0.000000270. The fourth-order valence-corrected chi connectivity index (χ4v) is 1.27. The van der Waals surface area contributed by atoms with Crippen LogP contribution < -0.4 is 0 Å². The van der Waals surface area contributed by atoms with Gasteiger partial charge in [0.1, 0.15) is 5.82 Å². The Labute approximate surface area is 76.0 Å². The van der Waals surface area contributed by atoms with Crippen molar-refractivity contribution < 1.29 is 18.5 Å². The van der Waals surface area contributed by atoms with E-state index in [1.54, 1.807) is 0 Å². The molecule has 0 heterocycles. The molecule has 0 aliphatic heterocycles. The molecule has 0 atom stereocenters. The molecule has 0 aromatic heterocycles. The highest BCUT2D eigenvalue weighted by Crippen LogP contribution is 2.13. The van der Waals surface area contributed by atoms with Crippen LogP contribution in [0.2, 0.25) is 0 Å². The summed E-state index contributed by atoms with van der Waals surface area (Å²) < 4.78 is 13.2. The molecule has 0 unspecified atom stereocenters. The van der Waals surface area contributed by atoms with Crippen molar-refractivity contribution in [2.45, 2.75) is 6.92 Å². The molecule has 5 heteroatoms. The van der Waals surface area contributed by atoms with E-state index in [4.69, 9.17) is 0 Å². The Morgan fingerprint density at radius 2 is 1.58 bits per heavy atom. The molecule has 1 aromatic rings. The second-order valence-corrected chi connectivity index (χ2v) is 2.86. The fourth-order valence-electron chi connectivity index (χ4n) is 0.692. The molecule has 0 nitrogen and oxygen atoms in total. The quantitative estimate of drug-likeness (QED) is 0.618. The maximum absolute atomic E-state index is 12.4. The molecule has 0 saturated carbocycles. The van der Waals surface area contributed by atoms with Crippen LogP contribution in [0.5, 0.6) is 0 Å². The molecule has 0 fully saturated rings. The lowest BCUT2D eigenvalue weighted by Crippen LogP contribution is -1.75. The van der Waals surface area contributed by atoms with Gasteiger partial charge in [0.05, 0.1) is 0 Å². The third-order valence-corrected chi connectivity index (χ3v) is 1.46. The lowest BCUT2D eigenvalue weighted by Gasteiger charge is -1.92. The minimum Gasteiger partial charge on any atom is -0.269 e. The number of hydrogen-bond acceptors (Lipinski definition) is 0. The molecule has 0 radical (unpaired) electrons. The summed E-state index contributed by atoms with van der Waals surface area (Å²) in [4.78, 5) is 0. The van der Waals surface area contributed by atoms with Gasteiger partial charge in [0.2, 0.25) is 0 Å². The van der Waals surface area contributed by atoms with Gasteiger partial charge in [-0.1, -0.05) is 15.9 Å². The first-order valence-electron chi connectivity index (χ1n) is 2.61. The first-order valence-corrected chi connectivity index (χ1v) is 3.40. The molecule has 72 valence electrons. The summed E-state index contributed by atoms with van der Waals surface area (Å²) in [5.74, 6) is -0.193. The van der Waals surface area contributed by atoms with Crippen LogP contribution in [0.1, 0.15) is 5.56 Å². The van der Waals surface area contributed by atoms with Crippen LogP contribution in [-0.4, -0.2) is 0 Å². The van der Waals surface area contributed by atoms with Crippen molar-refractivity contribution in [3.05, 3.63) is 34.1 Å². The second-order valence-electron chi connectivity index (χ2n) is 1.95. The van der Waals surface area contributed by atoms with Crippen LogP contribution in [0.25, 0.3) is 0 Å². The molecule has 0 bridgehead atoms. The first-order chi connectivity index (χ1) is 4.18. The topological polar surface area (TPSA) is 0 Å². The minimum atomic E-state index is -0.193. The Hall–Kier alpha value is -0.580. The average Bonchev–Trinajstić information content (AvgIpc) is 1.59. The van der Waals surface area contributed by atoms with Crippen molar-refractivity contribution in [1.29, 1.82) is 0 Å². The largest absolute Gasteiger partial charge is 0.269 e. The third-order valence-electron chi connectivity index (χ3n) is 1.01. The van der Waals surface area contributed by atoms with Crippen LogP contribution in [0.3, 0.4) is 0 Å². The van der Waals surface area contributed by atoms with E-state index in [0.717, 1.165) is 10.0 Å². The highest BCUT2D eigenvalue weighted by atomic mass is 79.9. The molecule has 0 aliphatic rings. The van der Waals surface area contributed by atoms with E-state index in [9.17, 15) is 4.39 Å². The SMILES string of the molecule is Cc1cc(F)cc(Br)c1.F.F.F. The normalized spacial score (nSPS) is 7.25. The lowest BCUT2D eigenvalue weighted by molar-refractivity contribution is 0.625.